The number of hydrogen-bond donors (Lipinski definition) is 1. The molecule has 2 unspecified atom stereocenters. The molecule has 1 aromatic carbocycles. The lowest BCUT2D eigenvalue weighted by Gasteiger charge is -2.15. The zero-order valence-electron chi connectivity index (χ0n) is 8.91. The summed E-state index contributed by atoms with van der Waals surface area (Å²) in [5, 5.41) is 3.18. The van der Waals surface area contributed by atoms with Crippen molar-refractivity contribution in [2.24, 2.45) is 0 Å². The first-order chi connectivity index (χ1) is 6.63. The van der Waals surface area contributed by atoms with Crippen LogP contribution in [0.25, 0.3) is 0 Å². The maximum absolute atomic E-state index is 11.1. The lowest BCUT2D eigenvalue weighted by Crippen LogP contribution is -2.22. The molecule has 0 aliphatic rings. The third-order valence-electron chi connectivity index (χ3n) is 2.23. The highest BCUT2D eigenvalue weighted by Crippen LogP contribution is 2.14. The lowest BCUT2D eigenvalue weighted by atomic mass is 10.1. The zero-order valence-corrected chi connectivity index (χ0v) is 9.73. The summed E-state index contributed by atoms with van der Waals surface area (Å²) in [5.74, 6) is 0.666. The fraction of sp³-hybridized carbons (Fsp3) is 0.455. The topological polar surface area (TPSA) is 29.1 Å². The number of benzene rings is 1. The first kappa shape index (κ1) is 11.4. The second kappa shape index (κ2) is 5.27. The Morgan fingerprint density at radius 1 is 1.36 bits per heavy atom. The van der Waals surface area contributed by atoms with Gasteiger partial charge in [0.2, 0.25) is 0 Å². The van der Waals surface area contributed by atoms with Crippen molar-refractivity contribution in [3.8, 4) is 0 Å². The van der Waals surface area contributed by atoms with E-state index in [0.717, 1.165) is 0 Å². The predicted octanol–water partition coefficient (Wildman–Crippen LogP) is 1.63. The molecule has 1 N–H and O–H groups in total. The van der Waals surface area contributed by atoms with Crippen molar-refractivity contribution in [3.05, 3.63) is 35.4 Å². The summed E-state index contributed by atoms with van der Waals surface area (Å²) in [5.41, 5.74) is 2.45. The van der Waals surface area contributed by atoms with Gasteiger partial charge in [-0.2, -0.15) is 0 Å². The van der Waals surface area contributed by atoms with E-state index in [0.29, 0.717) is 5.75 Å². The van der Waals surface area contributed by atoms with Crippen LogP contribution in [0.5, 0.6) is 0 Å². The molecule has 0 saturated carbocycles. The van der Waals surface area contributed by atoms with Crippen molar-refractivity contribution in [2.45, 2.75) is 13.0 Å². The fourth-order valence-corrected chi connectivity index (χ4v) is 2.21. The third-order valence-corrected chi connectivity index (χ3v) is 3.03. The monoisotopic (exact) mass is 211 g/mol. The summed E-state index contributed by atoms with van der Waals surface area (Å²) < 4.78 is 11.1. The van der Waals surface area contributed by atoms with Crippen LogP contribution in [0.15, 0.2) is 24.3 Å². The summed E-state index contributed by atoms with van der Waals surface area (Å²) in [6, 6.07) is 8.53. The largest absolute Gasteiger partial charge is 0.312 e. The molecule has 0 radical (unpaired) electrons. The van der Waals surface area contributed by atoms with Gasteiger partial charge in [-0.3, -0.25) is 4.21 Å². The van der Waals surface area contributed by atoms with E-state index in [-0.39, 0.29) is 6.04 Å². The van der Waals surface area contributed by atoms with Gasteiger partial charge in [-0.1, -0.05) is 29.8 Å². The minimum atomic E-state index is -0.764. The lowest BCUT2D eigenvalue weighted by molar-refractivity contribution is 0.638. The Morgan fingerprint density at radius 3 is 2.36 bits per heavy atom. The highest BCUT2D eigenvalue weighted by molar-refractivity contribution is 7.84. The number of aryl methyl sites for hydroxylation is 1. The molecular formula is C11H17NOS. The highest BCUT2D eigenvalue weighted by Gasteiger charge is 2.09. The first-order valence-electron chi connectivity index (χ1n) is 4.67. The highest BCUT2D eigenvalue weighted by atomic mass is 32.2. The maximum atomic E-state index is 11.1. The van der Waals surface area contributed by atoms with Crippen LogP contribution in [0.2, 0.25) is 0 Å². The smallest absolute Gasteiger partial charge is 0.0434 e. The van der Waals surface area contributed by atoms with Crippen molar-refractivity contribution in [2.75, 3.05) is 19.1 Å². The Balaban J connectivity index is 2.78. The van der Waals surface area contributed by atoms with Gasteiger partial charge in [0.25, 0.3) is 0 Å². The SMILES string of the molecule is CNC(CS(C)=O)c1ccc(C)cc1. The van der Waals surface area contributed by atoms with Crippen molar-refractivity contribution in [3.63, 3.8) is 0 Å². The van der Waals surface area contributed by atoms with Crippen molar-refractivity contribution in [1.82, 2.24) is 5.32 Å². The Kier molecular flexibility index (Phi) is 4.29. The van der Waals surface area contributed by atoms with Gasteiger partial charge in [0.15, 0.2) is 0 Å². The summed E-state index contributed by atoms with van der Waals surface area (Å²) in [6.07, 6.45) is 1.73. The maximum Gasteiger partial charge on any atom is 0.0434 e. The Labute approximate surface area is 88.2 Å². The van der Waals surface area contributed by atoms with E-state index in [1.54, 1.807) is 6.26 Å². The van der Waals surface area contributed by atoms with Crippen molar-refractivity contribution in [1.29, 1.82) is 0 Å². The average Bonchev–Trinajstić information content (AvgIpc) is 2.15. The van der Waals surface area contributed by atoms with Crippen LogP contribution in [0, 0.1) is 6.92 Å². The normalized spacial score (nSPS) is 15.1. The molecule has 1 rings (SSSR count). The van der Waals surface area contributed by atoms with Crippen LogP contribution in [-0.4, -0.2) is 23.3 Å². The standard InChI is InChI=1S/C11H17NOS/c1-9-4-6-10(7-5-9)11(12-2)8-14(3)13/h4-7,11-12H,8H2,1-3H3. The second-order valence-electron chi connectivity index (χ2n) is 3.49. The van der Waals surface area contributed by atoms with E-state index in [1.807, 2.05) is 7.05 Å². The second-order valence-corrected chi connectivity index (χ2v) is 4.97. The molecule has 0 aliphatic heterocycles. The van der Waals surface area contributed by atoms with E-state index in [2.05, 4.69) is 36.5 Å². The van der Waals surface area contributed by atoms with E-state index in [4.69, 9.17) is 0 Å². The molecule has 14 heavy (non-hydrogen) atoms. The van der Waals surface area contributed by atoms with Gasteiger partial charge in [-0.25, -0.2) is 0 Å². The van der Waals surface area contributed by atoms with E-state index in [1.165, 1.54) is 11.1 Å². The molecule has 2 atom stereocenters. The summed E-state index contributed by atoms with van der Waals surface area (Å²) >= 11 is 0. The Hall–Kier alpha value is -0.670. The summed E-state index contributed by atoms with van der Waals surface area (Å²) in [7, 11) is 1.14. The van der Waals surface area contributed by atoms with Gasteiger partial charge in [-0.15, -0.1) is 0 Å². The molecule has 0 heterocycles. The average molecular weight is 211 g/mol. The summed E-state index contributed by atoms with van der Waals surface area (Å²) in [6.45, 7) is 2.07. The zero-order chi connectivity index (χ0) is 10.6. The molecule has 0 bridgehead atoms. The van der Waals surface area contributed by atoms with E-state index in [9.17, 15) is 4.21 Å². The third kappa shape index (κ3) is 3.24. The molecule has 0 fully saturated rings. The molecule has 2 nitrogen and oxygen atoms in total. The van der Waals surface area contributed by atoms with Gasteiger partial charge in [-0.05, 0) is 19.5 Å². The van der Waals surface area contributed by atoms with Crippen molar-refractivity contribution >= 4 is 10.8 Å². The van der Waals surface area contributed by atoms with Gasteiger partial charge in [0.1, 0.15) is 0 Å². The molecule has 0 spiro atoms. The Morgan fingerprint density at radius 2 is 1.93 bits per heavy atom. The van der Waals surface area contributed by atoms with Gasteiger partial charge in [0.05, 0.1) is 0 Å². The molecule has 0 aromatic heterocycles. The van der Waals surface area contributed by atoms with E-state index >= 15 is 0 Å². The minimum absolute atomic E-state index is 0.196. The first-order valence-corrected chi connectivity index (χ1v) is 6.40. The molecule has 0 amide bonds. The number of rotatable bonds is 4. The van der Waals surface area contributed by atoms with Gasteiger partial charge >= 0.3 is 0 Å². The van der Waals surface area contributed by atoms with Crippen LogP contribution < -0.4 is 5.32 Å². The molecular weight excluding hydrogens is 194 g/mol. The quantitative estimate of drug-likeness (QED) is 0.820. The molecule has 3 heteroatoms. The molecule has 78 valence electrons. The van der Waals surface area contributed by atoms with Crippen LogP contribution in [0.4, 0.5) is 0 Å². The van der Waals surface area contributed by atoms with Crippen LogP contribution >= 0.6 is 0 Å². The molecule has 1 aromatic rings. The fourth-order valence-electron chi connectivity index (χ4n) is 1.38. The minimum Gasteiger partial charge on any atom is -0.312 e. The summed E-state index contributed by atoms with van der Waals surface area (Å²) in [4.78, 5) is 0. The van der Waals surface area contributed by atoms with Gasteiger partial charge in [0, 0.05) is 28.9 Å². The Bertz CT molecular complexity index is 308. The number of hydrogen-bond acceptors (Lipinski definition) is 2. The van der Waals surface area contributed by atoms with Crippen LogP contribution in [0.1, 0.15) is 17.2 Å². The molecule has 0 saturated heterocycles. The number of nitrogens with one attached hydrogen (secondary N) is 1. The molecule has 0 aliphatic carbocycles. The predicted molar refractivity (Wildman–Crippen MR) is 61.9 cm³/mol. The van der Waals surface area contributed by atoms with Crippen molar-refractivity contribution < 1.29 is 4.21 Å². The van der Waals surface area contributed by atoms with Gasteiger partial charge < -0.3 is 5.32 Å². The van der Waals surface area contributed by atoms with Crippen LogP contribution in [0.3, 0.4) is 0 Å². The van der Waals surface area contributed by atoms with Crippen LogP contribution in [-0.2, 0) is 10.8 Å². The van der Waals surface area contributed by atoms with E-state index < -0.39 is 10.8 Å².